The van der Waals surface area contributed by atoms with E-state index in [0.717, 1.165) is 0 Å². The summed E-state index contributed by atoms with van der Waals surface area (Å²) < 4.78 is 28.1. The van der Waals surface area contributed by atoms with Crippen LogP contribution >= 0.6 is 0 Å². The van der Waals surface area contributed by atoms with Crippen LogP contribution in [0.2, 0.25) is 0 Å². The van der Waals surface area contributed by atoms with Gasteiger partial charge in [0.2, 0.25) is 0 Å². The maximum absolute atomic E-state index is 11.8. The molecule has 0 fully saturated rings. The Morgan fingerprint density at radius 2 is 1.68 bits per heavy atom. The molecule has 0 atom stereocenters. The fourth-order valence-electron chi connectivity index (χ4n) is 1.51. The minimum Gasteiger partial charge on any atom is -0.460 e. The molecular formula is C13H16O5S. The second-order valence-corrected chi connectivity index (χ2v) is 6.00. The zero-order chi connectivity index (χ0) is 14.5. The summed E-state index contributed by atoms with van der Waals surface area (Å²) in [6.45, 7) is 3.50. The van der Waals surface area contributed by atoms with Crippen LogP contribution in [-0.4, -0.2) is 32.5 Å². The normalized spacial score (nSPS) is 11.1. The third-order valence-electron chi connectivity index (χ3n) is 2.41. The third kappa shape index (κ3) is 3.89. The molecule has 1 aromatic carbocycles. The van der Waals surface area contributed by atoms with Crippen LogP contribution in [0.4, 0.5) is 0 Å². The summed E-state index contributed by atoms with van der Waals surface area (Å²) in [4.78, 5) is 23.0. The van der Waals surface area contributed by atoms with E-state index in [9.17, 15) is 18.0 Å². The molecule has 0 bridgehead atoms. The fraction of sp³-hybridized carbons (Fsp3) is 0.385. The number of hydrogen-bond donors (Lipinski definition) is 0. The van der Waals surface area contributed by atoms with Crippen molar-refractivity contribution < 1.29 is 22.7 Å². The molecule has 0 saturated carbocycles. The fourth-order valence-corrected chi connectivity index (χ4v) is 2.84. The predicted molar refractivity (Wildman–Crippen MR) is 69.7 cm³/mol. The third-order valence-corrected chi connectivity index (χ3v) is 4.35. The Morgan fingerprint density at radius 1 is 1.11 bits per heavy atom. The lowest BCUT2D eigenvalue weighted by molar-refractivity contribution is -0.137. The summed E-state index contributed by atoms with van der Waals surface area (Å²) in [6, 6.07) is 5.30. The molecule has 1 rings (SSSR count). The van der Waals surface area contributed by atoms with Crippen molar-refractivity contribution >= 4 is 21.6 Å². The van der Waals surface area contributed by atoms with Crippen LogP contribution in [0.5, 0.6) is 0 Å². The number of hydrogen-bond acceptors (Lipinski definition) is 5. The molecule has 0 radical (unpaired) electrons. The topological polar surface area (TPSA) is 77.5 Å². The first kappa shape index (κ1) is 15.4. The van der Waals surface area contributed by atoms with E-state index in [-0.39, 0.29) is 22.8 Å². The lowest BCUT2D eigenvalue weighted by Gasteiger charge is -2.04. The first-order chi connectivity index (χ1) is 8.92. The number of ketones is 1. The van der Waals surface area contributed by atoms with Gasteiger partial charge in [0, 0.05) is 5.56 Å². The number of esters is 1. The number of sulfone groups is 1. The van der Waals surface area contributed by atoms with Crippen LogP contribution in [0.1, 0.15) is 30.6 Å². The highest BCUT2D eigenvalue weighted by Gasteiger charge is 2.19. The Morgan fingerprint density at radius 3 is 2.16 bits per heavy atom. The summed E-state index contributed by atoms with van der Waals surface area (Å²) in [5, 5.41) is 0. The molecule has 0 N–H and O–H groups in total. The second kappa shape index (κ2) is 6.47. The van der Waals surface area contributed by atoms with Gasteiger partial charge in [-0.3, -0.25) is 4.79 Å². The molecule has 0 spiro atoms. The van der Waals surface area contributed by atoms with Crippen LogP contribution in [0.25, 0.3) is 0 Å². The van der Waals surface area contributed by atoms with Gasteiger partial charge in [0.25, 0.3) is 5.78 Å². The van der Waals surface area contributed by atoms with Crippen molar-refractivity contribution in [3.05, 3.63) is 29.8 Å². The first-order valence-corrected chi connectivity index (χ1v) is 7.62. The van der Waals surface area contributed by atoms with Gasteiger partial charge in [0.05, 0.1) is 17.3 Å². The largest absolute Gasteiger partial charge is 0.460 e. The van der Waals surface area contributed by atoms with Crippen LogP contribution in [0.3, 0.4) is 0 Å². The number of carbonyl (C=O) groups excluding carboxylic acids is 2. The van der Waals surface area contributed by atoms with Gasteiger partial charge in [-0.15, -0.1) is 0 Å². The Bertz CT molecular complexity index is 557. The molecule has 0 amide bonds. The molecule has 0 aromatic heterocycles. The Hall–Kier alpha value is -1.69. The van der Waals surface area contributed by atoms with Crippen molar-refractivity contribution in [3.8, 4) is 0 Å². The highest BCUT2D eigenvalue weighted by Crippen LogP contribution is 2.14. The Kier molecular flexibility index (Phi) is 5.23. The van der Waals surface area contributed by atoms with E-state index >= 15 is 0 Å². The summed E-state index contributed by atoms with van der Waals surface area (Å²) in [7, 11) is -3.31. The van der Waals surface area contributed by atoms with Gasteiger partial charge < -0.3 is 4.74 Å². The maximum Gasteiger partial charge on any atom is 0.379 e. The quantitative estimate of drug-likeness (QED) is 0.450. The monoisotopic (exact) mass is 284 g/mol. The van der Waals surface area contributed by atoms with Gasteiger partial charge in [-0.25, -0.2) is 13.2 Å². The molecular weight excluding hydrogens is 268 g/mol. The molecule has 1 aromatic rings. The van der Waals surface area contributed by atoms with Gasteiger partial charge >= 0.3 is 5.97 Å². The minimum absolute atomic E-state index is 0.0537. The van der Waals surface area contributed by atoms with Gasteiger partial charge in [0.1, 0.15) is 0 Å². The highest BCUT2D eigenvalue weighted by molar-refractivity contribution is 7.91. The minimum atomic E-state index is -3.31. The molecule has 0 heterocycles. The van der Waals surface area contributed by atoms with Crippen LogP contribution in [0, 0.1) is 0 Å². The summed E-state index contributed by atoms with van der Waals surface area (Å²) in [5.41, 5.74) is 0.119. The van der Waals surface area contributed by atoms with E-state index < -0.39 is 21.6 Å². The molecule has 104 valence electrons. The van der Waals surface area contributed by atoms with E-state index in [1.165, 1.54) is 24.3 Å². The highest BCUT2D eigenvalue weighted by atomic mass is 32.2. The molecule has 0 aliphatic rings. The van der Waals surface area contributed by atoms with E-state index in [0.29, 0.717) is 6.42 Å². The molecule has 5 nitrogen and oxygen atoms in total. The number of Topliss-reactive ketones (excluding diaryl/α,β-unsaturated/α-hetero) is 1. The number of rotatable bonds is 6. The van der Waals surface area contributed by atoms with E-state index in [2.05, 4.69) is 4.74 Å². The molecule has 0 unspecified atom stereocenters. The van der Waals surface area contributed by atoms with Crippen molar-refractivity contribution in [2.24, 2.45) is 0 Å². The Balaban J connectivity index is 2.94. The van der Waals surface area contributed by atoms with Gasteiger partial charge in [-0.1, -0.05) is 6.92 Å². The maximum atomic E-state index is 11.8. The van der Waals surface area contributed by atoms with Crippen molar-refractivity contribution in [1.29, 1.82) is 0 Å². The lowest BCUT2D eigenvalue weighted by atomic mass is 10.1. The summed E-state index contributed by atoms with van der Waals surface area (Å²) >= 11 is 0. The van der Waals surface area contributed by atoms with Gasteiger partial charge in [-0.2, -0.15) is 0 Å². The standard InChI is InChI=1S/C13H16O5S/c1-3-9-19(16,17)11-7-5-10(6-8-11)12(14)13(15)18-4-2/h5-8H,3-4,9H2,1-2H3. The van der Waals surface area contributed by atoms with E-state index in [4.69, 9.17) is 0 Å². The van der Waals surface area contributed by atoms with Crippen molar-refractivity contribution in [2.75, 3.05) is 12.4 Å². The second-order valence-electron chi connectivity index (χ2n) is 3.89. The summed E-state index contributed by atoms with van der Waals surface area (Å²) in [6.07, 6.45) is 0.520. The summed E-state index contributed by atoms with van der Waals surface area (Å²) in [5.74, 6) is -1.66. The molecule has 0 aliphatic heterocycles. The molecule has 0 saturated heterocycles. The average molecular weight is 284 g/mol. The smallest absolute Gasteiger partial charge is 0.379 e. The van der Waals surface area contributed by atoms with Crippen molar-refractivity contribution in [3.63, 3.8) is 0 Å². The average Bonchev–Trinajstić information content (AvgIpc) is 2.38. The first-order valence-electron chi connectivity index (χ1n) is 5.96. The SMILES string of the molecule is CCCS(=O)(=O)c1ccc(C(=O)C(=O)OCC)cc1. The van der Waals surface area contributed by atoms with Gasteiger partial charge in [0.15, 0.2) is 9.84 Å². The van der Waals surface area contributed by atoms with Crippen molar-refractivity contribution in [2.45, 2.75) is 25.2 Å². The Labute approximate surface area is 112 Å². The molecule has 6 heteroatoms. The number of benzene rings is 1. The zero-order valence-corrected chi connectivity index (χ0v) is 11.7. The van der Waals surface area contributed by atoms with Crippen molar-refractivity contribution in [1.82, 2.24) is 0 Å². The number of ether oxygens (including phenoxy) is 1. The van der Waals surface area contributed by atoms with Gasteiger partial charge in [-0.05, 0) is 37.6 Å². The number of carbonyl (C=O) groups is 2. The molecule has 19 heavy (non-hydrogen) atoms. The zero-order valence-electron chi connectivity index (χ0n) is 10.9. The van der Waals surface area contributed by atoms with Crippen LogP contribution in [0.15, 0.2) is 29.2 Å². The van der Waals surface area contributed by atoms with E-state index in [1.54, 1.807) is 13.8 Å². The van der Waals surface area contributed by atoms with Crippen LogP contribution in [-0.2, 0) is 19.4 Å². The van der Waals surface area contributed by atoms with Crippen LogP contribution < -0.4 is 0 Å². The van der Waals surface area contributed by atoms with E-state index in [1.807, 2.05) is 0 Å². The lowest BCUT2D eigenvalue weighted by Crippen LogP contribution is -2.17. The molecule has 0 aliphatic carbocycles. The predicted octanol–water partition coefficient (Wildman–Crippen LogP) is 1.62.